The molecule has 3 rings (SSSR count). The van der Waals surface area contributed by atoms with Gasteiger partial charge in [0.1, 0.15) is 0 Å². The van der Waals surface area contributed by atoms with Gasteiger partial charge in [0.2, 0.25) is 0 Å². The Morgan fingerprint density at radius 3 is 2.41 bits per heavy atom. The second kappa shape index (κ2) is 7.86. The molecule has 142 valence electrons. The van der Waals surface area contributed by atoms with Gasteiger partial charge in [0, 0.05) is 10.9 Å². The van der Waals surface area contributed by atoms with Gasteiger partial charge in [0.05, 0.1) is 24.6 Å². The smallest absolute Gasteiger partial charge is 0.396 e. The van der Waals surface area contributed by atoms with E-state index < -0.39 is 24.5 Å². The van der Waals surface area contributed by atoms with E-state index in [0.29, 0.717) is 28.6 Å². The number of alkyl halides is 3. The van der Waals surface area contributed by atoms with Crippen LogP contribution in [0.5, 0.6) is 0 Å². The minimum absolute atomic E-state index is 0.0812. The highest BCUT2D eigenvalue weighted by molar-refractivity contribution is 5.92. The Balaban J connectivity index is 2.14. The maximum atomic E-state index is 14.0. The Hall–Kier alpha value is -2.76. The van der Waals surface area contributed by atoms with Gasteiger partial charge in [0.25, 0.3) is 0 Å². The van der Waals surface area contributed by atoms with Crippen LogP contribution in [0.3, 0.4) is 0 Å². The number of para-hydroxylation sites is 1. The lowest BCUT2D eigenvalue weighted by atomic mass is 9.90. The molecule has 1 N–H and O–H groups in total. The minimum Gasteiger partial charge on any atom is -0.466 e. The Morgan fingerprint density at radius 2 is 1.74 bits per heavy atom. The van der Waals surface area contributed by atoms with Crippen LogP contribution in [-0.4, -0.2) is 23.7 Å². The van der Waals surface area contributed by atoms with Crippen molar-refractivity contribution in [3.63, 3.8) is 0 Å². The molecule has 3 aromatic rings. The molecular formula is C21H20F3NO2. The topological polar surface area (TPSA) is 42.1 Å². The first-order valence-corrected chi connectivity index (χ1v) is 8.80. The number of hydrogen-bond donors (Lipinski definition) is 1. The number of aromatic nitrogens is 1. The highest BCUT2D eigenvalue weighted by Gasteiger charge is 2.45. The van der Waals surface area contributed by atoms with Gasteiger partial charge in [-0.1, -0.05) is 55.5 Å². The van der Waals surface area contributed by atoms with Crippen LogP contribution in [-0.2, 0) is 9.53 Å². The van der Waals surface area contributed by atoms with Crippen molar-refractivity contribution in [2.45, 2.75) is 31.9 Å². The van der Waals surface area contributed by atoms with Gasteiger partial charge in [-0.15, -0.1) is 0 Å². The summed E-state index contributed by atoms with van der Waals surface area (Å²) in [5.74, 6) is -2.79. The Labute approximate surface area is 155 Å². The molecule has 6 heteroatoms. The molecule has 1 atom stereocenters. The molecule has 2 aromatic carbocycles. The first-order valence-electron chi connectivity index (χ1n) is 8.80. The van der Waals surface area contributed by atoms with Crippen LogP contribution in [0.25, 0.3) is 22.2 Å². The van der Waals surface area contributed by atoms with E-state index in [1.807, 2.05) is 0 Å². The fraction of sp³-hybridized carbons (Fsp3) is 0.286. The lowest BCUT2D eigenvalue weighted by molar-refractivity contribution is -0.166. The number of hydrogen-bond acceptors (Lipinski definition) is 2. The molecule has 27 heavy (non-hydrogen) atoms. The molecule has 0 aliphatic rings. The number of halogens is 3. The van der Waals surface area contributed by atoms with Gasteiger partial charge in [-0.3, -0.25) is 4.79 Å². The largest absolute Gasteiger partial charge is 0.466 e. The Bertz CT molecular complexity index is 916. The SMILES string of the molecule is CCCOC(=O)CC(c1c(-c2ccccc2)[nH]c2ccccc12)C(F)(F)F. The van der Waals surface area contributed by atoms with Crippen molar-refractivity contribution in [1.82, 2.24) is 4.98 Å². The highest BCUT2D eigenvalue weighted by atomic mass is 19.4. The van der Waals surface area contributed by atoms with Crippen molar-refractivity contribution in [1.29, 1.82) is 0 Å². The molecule has 0 aliphatic carbocycles. The summed E-state index contributed by atoms with van der Waals surface area (Å²) >= 11 is 0. The number of carbonyl (C=O) groups is 1. The van der Waals surface area contributed by atoms with Gasteiger partial charge in [-0.05, 0) is 23.6 Å². The summed E-state index contributed by atoms with van der Waals surface area (Å²) < 4.78 is 46.8. The number of H-pyrrole nitrogens is 1. The quantitative estimate of drug-likeness (QED) is 0.551. The summed E-state index contributed by atoms with van der Waals surface area (Å²) in [5.41, 5.74) is 1.70. The van der Waals surface area contributed by atoms with Gasteiger partial charge in [-0.25, -0.2) is 0 Å². The number of nitrogens with one attached hydrogen (secondary N) is 1. The second-order valence-electron chi connectivity index (χ2n) is 6.34. The van der Waals surface area contributed by atoms with E-state index in [0.717, 1.165) is 0 Å². The number of fused-ring (bicyclic) bond motifs is 1. The summed E-state index contributed by atoms with van der Waals surface area (Å²) in [6.07, 6.45) is -4.77. The summed E-state index contributed by atoms with van der Waals surface area (Å²) in [5, 5.41) is 0.460. The Kier molecular flexibility index (Phi) is 5.54. The summed E-state index contributed by atoms with van der Waals surface area (Å²) in [7, 11) is 0. The third-order valence-electron chi connectivity index (χ3n) is 4.39. The van der Waals surface area contributed by atoms with Crippen LogP contribution in [0.2, 0.25) is 0 Å². The van der Waals surface area contributed by atoms with E-state index in [1.54, 1.807) is 61.5 Å². The molecule has 0 aliphatic heterocycles. The minimum atomic E-state index is -4.58. The highest BCUT2D eigenvalue weighted by Crippen LogP contribution is 2.45. The molecule has 1 aromatic heterocycles. The summed E-state index contributed by atoms with van der Waals surface area (Å²) in [6, 6.07) is 15.7. The van der Waals surface area contributed by atoms with E-state index in [1.165, 1.54) is 0 Å². The van der Waals surface area contributed by atoms with E-state index in [4.69, 9.17) is 4.74 Å². The zero-order valence-electron chi connectivity index (χ0n) is 14.8. The number of esters is 1. The van der Waals surface area contributed by atoms with Crippen LogP contribution >= 0.6 is 0 Å². The summed E-state index contributed by atoms with van der Waals surface area (Å²) in [6.45, 7) is 1.91. The average Bonchev–Trinajstić information content (AvgIpc) is 3.03. The maximum absolute atomic E-state index is 14.0. The molecule has 1 heterocycles. The fourth-order valence-corrected chi connectivity index (χ4v) is 3.18. The Morgan fingerprint density at radius 1 is 1.07 bits per heavy atom. The monoisotopic (exact) mass is 375 g/mol. The maximum Gasteiger partial charge on any atom is 0.396 e. The number of ether oxygens (including phenoxy) is 1. The van der Waals surface area contributed by atoms with Gasteiger partial charge < -0.3 is 9.72 Å². The average molecular weight is 375 g/mol. The normalized spacial score (nSPS) is 12.9. The number of rotatable bonds is 6. The lowest BCUT2D eigenvalue weighted by Gasteiger charge is -2.21. The van der Waals surface area contributed by atoms with E-state index in [9.17, 15) is 18.0 Å². The van der Waals surface area contributed by atoms with Crippen molar-refractivity contribution < 1.29 is 22.7 Å². The molecule has 0 saturated carbocycles. The van der Waals surface area contributed by atoms with E-state index >= 15 is 0 Å². The molecule has 0 saturated heterocycles. The van der Waals surface area contributed by atoms with Crippen molar-refractivity contribution >= 4 is 16.9 Å². The molecule has 3 nitrogen and oxygen atoms in total. The first-order chi connectivity index (χ1) is 12.9. The standard InChI is InChI=1S/C21H20F3NO2/c1-2-12-27-18(26)13-16(21(22,23)24)19-15-10-6-7-11-17(15)25-20(19)14-8-4-3-5-9-14/h3-11,16,25H,2,12-13H2,1H3. The molecule has 0 fully saturated rings. The van der Waals surface area contributed by atoms with E-state index in [-0.39, 0.29) is 12.2 Å². The fourth-order valence-electron chi connectivity index (χ4n) is 3.18. The predicted molar refractivity (Wildman–Crippen MR) is 98.4 cm³/mol. The first kappa shape index (κ1) is 19.0. The number of benzene rings is 2. The molecule has 0 radical (unpaired) electrons. The molecule has 0 amide bonds. The molecule has 0 spiro atoms. The van der Waals surface area contributed by atoms with Gasteiger partial charge in [-0.2, -0.15) is 13.2 Å². The van der Waals surface area contributed by atoms with Crippen molar-refractivity contribution in [2.75, 3.05) is 6.61 Å². The molecular weight excluding hydrogens is 355 g/mol. The van der Waals surface area contributed by atoms with Crippen LogP contribution in [0, 0.1) is 0 Å². The van der Waals surface area contributed by atoms with Crippen molar-refractivity contribution in [3.05, 3.63) is 60.2 Å². The van der Waals surface area contributed by atoms with Crippen molar-refractivity contribution in [2.24, 2.45) is 0 Å². The predicted octanol–water partition coefficient (Wildman–Crippen LogP) is 5.82. The number of carbonyl (C=O) groups excluding carboxylic acids is 1. The van der Waals surface area contributed by atoms with Crippen LogP contribution in [0.1, 0.15) is 31.2 Å². The molecule has 1 unspecified atom stereocenters. The third-order valence-corrected chi connectivity index (χ3v) is 4.39. The van der Waals surface area contributed by atoms with Crippen LogP contribution in [0.4, 0.5) is 13.2 Å². The zero-order chi connectivity index (χ0) is 19.4. The van der Waals surface area contributed by atoms with E-state index in [2.05, 4.69) is 4.98 Å². The van der Waals surface area contributed by atoms with Crippen LogP contribution in [0.15, 0.2) is 54.6 Å². The third kappa shape index (κ3) is 4.15. The van der Waals surface area contributed by atoms with Crippen molar-refractivity contribution in [3.8, 4) is 11.3 Å². The zero-order valence-corrected chi connectivity index (χ0v) is 14.8. The van der Waals surface area contributed by atoms with Gasteiger partial charge >= 0.3 is 12.1 Å². The molecule has 0 bridgehead atoms. The van der Waals surface area contributed by atoms with Crippen LogP contribution < -0.4 is 0 Å². The lowest BCUT2D eigenvalue weighted by Crippen LogP contribution is -2.25. The second-order valence-corrected chi connectivity index (χ2v) is 6.34. The number of aromatic amines is 1. The van der Waals surface area contributed by atoms with Gasteiger partial charge in [0.15, 0.2) is 0 Å². The summed E-state index contributed by atoms with van der Waals surface area (Å²) in [4.78, 5) is 15.1.